The van der Waals surface area contributed by atoms with Gasteiger partial charge in [0.15, 0.2) is 4.80 Å². The van der Waals surface area contributed by atoms with Crippen molar-refractivity contribution in [3.63, 3.8) is 0 Å². The fraction of sp³-hybridized carbons (Fsp3) is 0.190. The molecule has 0 atom stereocenters. The van der Waals surface area contributed by atoms with Crippen molar-refractivity contribution in [1.29, 1.82) is 0 Å². The molecule has 0 aliphatic heterocycles. The number of benzene rings is 2. The van der Waals surface area contributed by atoms with Crippen LogP contribution >= 0.6 is 11.3 Å². The van der Waals surface area contributed by atoms with E-state index in [9.17, 15) is 9.59 Å². The highest BCUT2D eigenvalue weighted by Gasteiger charge is 2.17. The van der Waals surface area contributed by atoms with Crippen LogP contribution in [0.3, 0.4) is 0 Å². The van der Waals surface area contributed by atoms with Crippen LogP contribution in [0.15, 0.2) is 41.4 Å². The van der Waals surface area contributed by atoms with E-state index < -0.39 is 11.9 Å². The third-order valence-corrected chi connectivity index (χ3v) is 5.35. The van der Waals surface area contributed by atoms with Crippen LogP contribution < -0.4 is 4.80 Å². The number of amides is 1. The maximum atomic E-state index is 12.8. The van der Waals surface area contributed by atoms with Crippen molar-refractivity contribution in [1.82, 2.24) is 4.57 Å². The lowest BCUT2D eigenvalue weighted by Crippen LogP contribution is -2.17. The van der Waals surface area contributed by atoms with Gasteiger partial charge in [-0.2, -0.15) is 4.99 Å². The first-order valence-corrected chi connectivity index (χ1v) is 9.08. The molecule has 136 valence electrons. The lowest BCUT2D eigenvalue weighted by molar-refractivity contribution is 0.0597. The highest BCUT2D eigenvalue weighted by Crippen LogP contribution is 2.22. The predicted octanol–water partition coefficient (Wildman–Crippen LogP) is 3.48. The molecule has 5 nitrogen and oxygen atoms in total. The zero-order chi connectivity index (χ0) is 19.6. The van der Waals surface area contributed by atoms with Gasteiger partial charge >= 0.3 is 5.97 Å². The lowest BCUT2D eigenvalue weighted by atomic mass is 10.1. The first-order chi connectivity index (χ1) is 13.0. The quantitative estimate of drug-likeness (QED) is 0.518. The molecule has 6 heteroatoms. The molecule has 1 heterocycles. The second-order valence-electron chi connectivity index (χ2n) is 6.03. The molecule has 1 aromatic heterocycles. The molecule has 3 rings (SSSR count). The molecule has 2 aromatic carbocycles. The molecule has 0 fully saturated rings. The number of nitrogens with zero attached hydrogens (tertiary/aromatic N) is 2. The van der Waals surface area contributed by atoms with E-state index in [4.69, 9.17) is 11.2 Å². The molecule has 0 bridgehead atoms. The number of thiazole rings is 1. The van der Waals surface area contributed by atoms with E-state index in [2.05, 4.69) is 17.0 Å². The van der Waals surface area contributed by atoms with Crippen molar-refractivity contribution in [2.75, 3.05) is 7.11 Å². The van der Waals surface area contributed by atoms with E-state index in [1.165, 1.54) is 18.4 Å². The van der Waals surface area contributed by atoms with E-state index in [-0.39, 0.29) is 11.1 Å². The Bertz CT molecular complexity index is 1160. The highest BCUT2D eigenvalue weighted by atomic mass is 32.1. The fourth-order valence-corrected chi connectivity index (χ4v) is 3.86. The summed E-state index contributed by atoms with van der Waals surface area (Å²) in [5, 5.41) is 0. The van der Waals surface area contributed by atoms with Crippen molar-refractivity contribution in [3.05, 3.63) is 63.5 Å². The van der Waals surface area contributed by atoms with Crippen molar-refractivity contribution in [2.45, 2.75) is 20.4 Å². The number of rotatable bonds is 3. The molecule has 27 heavy (non-hydrogen) atoms. The number of ether oxygens (including phenoxy) is 1. The Morgan fingerprint density at radius 1 is 1.19 bits per heavy atom. The normalized spacial score (nSPS) is 11.4. The molecule has 0 saturated carbocycles. The van der Waals surface area contributed by atoms with Gasteiger partial charge in [0, 0.05) is 0 Å². The summed E-state index contributed by atoms with van der Waals surface area (Å²) in [7, 11) is 1.28. The first kappa shape index (κ1) is 18.6. The van der Waals surface area contributed by atoms with Gasteiger partial charge in [0.2, 0.25) is 0 Å². The highest BCUT2D eigenvalue weighted by molar-refractivity contribution is 7.16. The van der Waals surface area contributed by atoms with Crippen LogP contribution in [-0.4, -0.2) is 23.6 Å². The van der Waals surface area contributed by atoms with Gasteiger partial charge in [0.1, 0.15) is 0 Å². The SMILES string of the molecule is C#CCn1c(=NC(=O)c2ccccc2C(=O)OC)sc2cc(C)c(C)cc21. The zero-order valence-electron chi connectivity index (χ0n) is 15.3. The van der Waals surface area contributed by atoms with E-state index >= 15 is 0 Å². The fourth-order valence-electron chi connectivity index (χ4n) is 2.76. The van der Waals surface area contributed by atoms with Gasteiger partial charge in [-0.25, -0.2) is 4.79 Å². The molecule has 1 amide bonds. The number of esters is 1. The molecule has 3 aromatic rings. The molecule has 0 aliphatic rings. The molecule has 0 N–H and O–H groups in total. The van der Waals surface area contributed by atoms with Gasteiger partial charge in [-0.05, 0) is 49.2 Å². The zero-order valence-corrected chi connectivity index (χ0v) is 16.1. The number of carbonyl (C=O) groups excluding carboxylic acids is 2. The Labute approximate surface area is 160 Å². The van der Waals surface area contributed by atoms with Gasteiger partial charge in [-0.15, -0.1) is 6.42 Å². The number of fused-ring (bicyclic) bond motifs is 1. The molecule has 0 radical (unpaired) electrons. The van der Waals surface area contributed by atoms with Crippen LogP contribution in [0, 0.1) is 26.2 Å². The molecular formula is C21H18N2O3S. The summed E-state index contributed by atoms with van der Waals surface area (Å²) >= 11 is 1.39. The maximum absolute atomic E-state index is 12.8. The van der Waals surface area contributed by atoms with Crippen LogP contribution in [0.1, 0.15) is 31.8 Å². The maximum Gasteiger partial charge on any atom is 0.338 e. The Hall–Kier alpha value is -3.17. The number of methoxy groups -OCH3 is 1. The van der Waals surface area contributed by atoms with Gasteiger partial charge in [0.05, 0.1) is 35.0 Å². The van der Waals surface area contributed by atoms with E-state index in [0.717, 1.165) is 21.3 Å². The Kier molecular flexibility index (Phi) is 5.24. The van der Waals surface area contributed by atoms with Gasteiger partial charge in [0.25, 0.3) is 5.91 Å². The summed E-state index contributed by atoms with van der Waals surface area (Å²) in [6, 6.07) is 10.6. The van der Waals surface area contributed by atoms with E-state index in [1.807, 2.05) is 24.5 Å². The third kappa shape index (κ3) is 3.55. The molecule has 0 saturated heterocycles. The summed E-state index contributed by atoms with van der Waals surface area (Å²) in [4.78, 5) is 29.5. The first-order valence-electron chi connectivity index (χ1n) is 8.26. The largest absolute Gasteiger partial charge is 0.465 e. The summed E-state index contributed by atoms with van der Waals surface area (Å²) in [5.41, 5.74) is 3.62. The summed E-state index contributed by atoms with van der Waals surface area (Å²) in [6.45, 7) is 4.36. The van der Waals surface area contributed by atoms with Crippen LogP contribution in [-0.2, 0) is 11.3 Å². The Morgan fingerprint density at radius 3 is 2.52 bits per heavy atom. The van der Waals surface area contributed by atoms with Crippen LogP contribution in [0.25, 0.3) is 10.2 Å². The number of hydrogen-bond donors (Lipinski definition) is 0. The lowest BCUT2D eigenvalue weighted by Gasteiger charge is -2.04. The third-order valence-electron chi connectivity index (χ3n) is 4.31. The number of aromatic nitrogens is 1. The molecule has 0 unspecified atom stereocenters. The second kappa shape index (κ2) is 7.60. The van der Waals surface area contributed by atoms with Crippen LogP contribution in [0.5, 0.6) is 0 Å². The topological polar surface area (TPSA) is 60.7 Å². The van der Waals surface area contributed by atoms with Gasteiger partial charge < -0.3 is 9.30 Å². The summed E-state index contributed by atoms with van der Waals surface area (Å²) in [5.74, 6) is 1.52. The average Bonchev–Trinajstić information content (AvgIpc) is 2.98. The van der Waals surface area contributed by atoms with Crippen molar-refractivity contribution in [3.8, 4) is 12.3 Å². The Morgan fingerprint density at radius 2 is 1.85 bits per heavy atom. The van der Waals surface area contributed by atoms with Gasteiger partial charge in [-0.3, -0.25) is 4.79 Å². The van der Waals surface area contributed by atoms with Crippen LogP contribution in [0.2, 0.25) is 0 Å². The standard InChI is InChI=1S/C21H18N2O3S/c1-5-10-23-17-11-13(2)14(3)12-18(17)27-21(23)22-19(24)15-8-6-7-9-16(15)20(25)26-4/h1,6-9,11-12H,10H2,2-4H3. The molecule has 0 aliphatic carbocycles. The minimum absolute atomic E-state index is 0.185. The van der Waals surface area contributed by atoms with Crippen molar-refractivity contribution < 1.29 is 14.3 Å². The monoisotopic (exact) mass is 378 g/mol. The van der Waals surface area contributed by atoms with Crippen LogP contribution in [0.4, 0.5) is 0 Å². The number of hydrogen-bond acceptors (Lipinski definition) is 4. The number of aryl methyl sites for hydroxylation is 2. The summed E-state index contributed by atoms with van der Waals surface area (Å²) < 4.78 is 7.59. The smallest absolute Gasteiger partial charge is 0.338 e. The Balaban J connectivity index is 2.19. The minimum Gasteiger partial charge on any atom is -0.465 e. The van der Waals surface area contributed by atoms with E-state index in [0.29, 0.717) is 11.3 Å². The number of terminal acetylenes is 1. The van der Waals surface area contributed by atoms with Crippen molar-refractivity contribution >= 4 is 33.4 Å². The second-order valence-corrected chi connectivity index (χ2v) is 7.04. The summed E-state index contributed by atoms with van der Waals surface area (Å²) in [6.07, 6.45) is 5.52. The predicted molar refractivity (Wildman–Crippen MR) is 106 cm³/mol. The minimum atomic E-state index is -0.576. The van der Waals surface area contributed by atoms with Gasteiger partial charge in [-0.1, -0.05) is 29.4 Å². The average molecular weight is 378 g/mol. The molecular weight excluding hydrogens is 360 g/mol. The van der Waals surface area contributed by atoms with E-state index in [1.54, 1.807) is 24.3 Å². The molecule has 0 spiro atoms. The number of carbonyl (C=O) groups is 2. The van der Waals surface area contributed by atoms with Crippen molar-refractivity contribution in [2.24, 2.45) is 4.99 Å².